The molecule has 2 aromatic heterocycles. The van der Waals surface area contributed by atoms with Crippen LogP contribution in [0.3, 0.4) is 0 Å². The van der Waals surface area contributed by atoms with E-state index in [1.807, 2.05) is 42.1 Å². The molecule has 21 heavy (non-hydrogen) atoms. The van der Waals surface area contributed by atoms with Crippen LogP contribution in [0.1, 0.15) is 24.3 Å². The number of imidazole rings is 1. The Hall–Kier alpha value is -2.63. The van der Waals surface area contributed by atoms with Gasteiger partial charge in [-0.3, -0.25) is 0 Å². The molecule has 1 aliphatic rings. The zero-order chi connectivity index (χ0) is 14.4. The summed E-state index contributed by atoms with van der Waals surface area (Å²) in [5, 5.41) is 4.07. The number of benzene rings is 1. The largest absolute Gasteiger partial charge is 0.399 e. The van der Waals surface area contributed by atoms with Crippen LogP contribution in [0.5, 0.6) is 0 Å². The molecule has 1 fully saturated rings. The normalized spacial score (nSPS) is 16.0. The van der Waals surface area contributed by atoms with E-state index in [2.05, 4.69) is 15.1 Å². The van der Waals surface area contributed by atoms with Crippen molar-refractivity contribution in [1.82, 2.24) is 19.7 Å². The van der Waals surface area contributed by atoms with Crippen LogP contribution in [0.15, 0.2) is 41.2 Å². The van der Waals surface area contributed by atoms with E-state index in [0.29, 0.717) is 17.5 Å². The molecule has 1 aromatic carbocycles. The van der Waals surface area contributed by atoms with E-state index in [4.69, 9.17) is 10.3 Å². The minimum atomic E-state index is -0.149. The van der Waals surface area contributed by atoms with Crippen LogP contribution in [0.4, 0.5) is 5.69 Å². The number of rotatable bonds is 3. The molecule has 0 unspecified atom stereocenters. The maximum atomic E-state index is 5.75. The minimum Gasteiger partial charge on any atom is -0.399 e. The number of nitrogens with zero attached hydrogens (tertiary/aromatic N) is 4. The van der Waals surface area contributed by atoms with Crippen LogP contribution < -0.4 is 5.73 Å². The molecule has 2 N–H and O–H groups in total. The predicted molar refractivity (Wildman–Crippen MR) is 77.4 cm³/mol. The predicted octanol–water partition coefficient (Wildman–Crippen LogP) is 2.13. The third-order valence-corrected chi connectivity index (χ3v) is 4.07. The number of nitrogen functional groups attached to an aromatic ring is 1. The summed E-state index contributed by atoms with van der Waals surface area (Å²) in [6.45, 7) is 0. The maximum absolute atomic E-state index is 5.75. The summed E-state index contributed by atoms with van der Waals surface area (Å²) >= 11 is 0. The first-order valence-electron chi connectivity index (χ1n) is 6.87. The third kappa shape index (κ3) is 1.83. The number of hydrogen-bond acceptors (Lipinski definition) is 5. The average molecular weight is 281 g/mol. The second kappa shape index (κ2) is 4.18. The molecule has 3 aromatic rings. The highest BCUT2D eigenvalue weighted by molar-refractivity contribution is 5.48. The van der Waals surface area contributed by atoms with Crippen molar-refractivity contribution in [3.8, 4) is 11.6 Å². The van der Waals surface area contributed by atoms with Gasteiger partial charge in [0.05, 0.1) is 5.41 Å². The van der Waals surface area contributed by atoms with E-state index >= 15 is 0 Å². The highest BCUT2D eigenvalue weighted by atomic mass is 16.5. The molecule has 6 heteroatoms. The Bertz CT molecular complexity index is 783. The highest BCUT2D eigenvalue weighted by Crippen LogP contribution is 2.53. The summed E-state index contributed by atoms with van der Waals surface area (Å²) in [7, 11) is 1.91. The molecule has 2 heterocycles. The van der Waals surface area contributed by atoms with Gasteiger partial charge in [-0.05, 0) is 30.5 Å². The first-order chi connectivity index (χ1) is 10.2. The van der Waals surface area contributed by atoms with Crippen LogP contribution >= 0.6 is 0 Å². The van der Waals surface area contributed by atoms with Gasteiger partial charge in [0, 0.05) is 25.1 Å². The summed E-state index contributed by atoms with van der Waals surface area (Å²) < 4.78 is 7.38. The molecular formula is C15H15N5O. The quantitative estimate of drug-likeness (QED) is 0.744. The van der Waals surface area contributed by atoms with Crippen molar-refractivity contribution in [3.63, 3.8) is 0 Å². The molecule has 0 aliphatic heterocycles. The molecular weight excluding hydrogens is 266 g/mol. The van der Waals surface area contributed by atoms with Gasteiger partial charge >= 0.3 is 0 Å². The van der Waals surface area contributed by atoms with Crippen molar-refractivity contribution in [2.24, 2.45) is 7.05 Å². The topological polar surface area (TPSA) is 82.8 Å². The van der Waals surface area contributed by atoms with Gasteiger partial charge in [0.25, 0.3) is 0 Å². The molecule has 0 radical (unpaired) electrons. The molecule has 0 spiro atoms. The summed E-state index contributed by atoms with van der Waals surface area (Å²) in [4.78, 5) is 8.80. The monoisotopic (exact) mass is 281 g/mol. The molecule has 1 saturated carbocycles. The second-order valence-electron chi connectivity index (χ2n) is 5.49. The lowest BCUT2D eigenvalue weighted by atomic mass is 9.96. The Balaban J connectivity index is 1.73. The second-order valence-corrected chi connectivity index (χ2v) is 5.49. The maximum Gasteiger partial charge on any atom is 0.238 e. The van der Waals surface area contributed by atoms with E-state index in [-0.39, 0.29) is 5.41 Å². The van der Waals surface area contributed by atoms with Crippen molar-refractivity contribution >= 4 is 5.69 Å². The SMILES string of the molecule is Cn1ccnc1-c1noc(C2(c3ccc(N)cc3)CC2)n1. The summed E-state index contributed by atoms with van der Waals surface area (Å²) in [5.41, 5.74) is 7.53. The number of aromatic nitrogens is 4. The van der Waals surface area contributed by atoms with Gasteiger partial charge in [0.2, 0.25) is 11.7 Å². The smallest absolute Gasteiger partial charge is 0.238 e. The van der Waals surface area contributed by atoms with Gasteiger partial charge in [0.1, 0.15) is 0 Å². The third-order valence-electron chi connectivity index (χ3n) is 4.07. The lowest BCUT2D eigenvalue weighted by Crippen LogP contribution is -2.09. The van der Waals surface area contributed by atoms with Gasteiger partial charge in [-0.2, -0.15) is 4.98 Å². The Labute approximate surface area is 121 Å². The first kappa shape index (κ1) is 12.1. The van der Waals surface area contributed by atoms with E-state index < -0.39 is 0 Å². The Morgan fingerprint density at radius 1 is 1.24 bits per heavy atom. The van der Waals surface area contributed by atoms with Crippen molar-refractivity contribution in [2.45, 2.75) is 18.3 Å². The number of aryl methyl sites for hydroxylation is 1. The zero-order valence-corrected chi connectivity index (χ0v) is 11.7. The molecule has 0 amide bonds. The van der Waals surface area contributed by atoms with Crippen LogP contribution in [0, 0.1) is 0 Å². The van der Waals surface area contributed by atoms with Crippen molar-refractivity contribution < 1.29 is 4.52 Å². The Kier molecular flexibility index (Phi) is 2.42. The van der Waals surface area contributed by atoms with Crippen molar-refractivity contribution in [2.75, 3.05) is 5.73 Å². The number of nitrogens with two attached hydrogens (primary N) is 1. The molecule has 0 atom stereocenters. The Morgan fingerprint density at radius 3 is 2.62 bits per heavy atom. The lowest BCUT2D eigenvalue weighted by Gasteiger charge is -2.10. The number of anilines is 1. The molecule has 0 bridgehead atoms. The van der Waals surface area contributed by atoms with Crippen molar-refractivity contribution in [1.29, 1.82) is 0 Å². The first-order valence-corrected chi connectivity index (χ1v) is 6.87. The van der Waals surface area contributed by atoms with Crippen LogP contribution in [0.2, 0.25) is 0 Å². The fourth-order valence-electron chi connectivity index (χ4n) is 2.64. The summed E-state index contributed by atoms with van der Waals surface area (Å²) in [6, 6.07) is 7.89. The zero-order valence-electron chi connectivity index (χ0n) is 11.7. The summed E-state index contributed by atoms with van der Waals surface area (Å²) in [6.07, 6.45) is 5.61. The van der Waals surface area contributed by atoms with E-state index in [1.165, 1.54) is 5.56 Å². The van der Waals surface area contributed by atoms with E-state index in [1.54, 1.807) is 6.20 Å². The van der Waals surface area contributed by atoms with E-state index in [0.717, 1.165) is 18.5 Å². The molecule has 1 aliphatic carbocycles. The van der Waals surface area contributed by atoms with Crippen molar-refractivity contribution in [3.05, 3.63) is 48.1 Å². The molecule has 4 rings (SSSR count). The van der Waals surface area contributed by atoms with E-state index in [9.17, 15) is 0 Å². The molecule has 106 valence electrons. The van der Waals surface area contributed by atoms with Gasteiger partial charge in [0.15, 0.2) is 5.82 Å². The van der Waals surface area contributed by atoms with Gasteiger partial charge in [-0.25, -0.2) is 4.98 Å². The minimum absolute atomic E-state index is 0.149. The molecule has 6 nitrogen and oxygen atoms in total. The standard InChI is InChI=1S/C15H15N5O/c1-20-9-8-17-13(20)12-18-14(21-19-12)15(6-7-15)10-2-4-11(16)5-3-10/h2-5,8-9H,6-7,16H2,1H3. The van der Waals surface area contributed by atoms with Crippen LogP contribution in [-0.4, -0.2) is 19.7 Å². The van der Waals surface area contributed by atoms with Crippen LogP contribution in [-0.2, 0) is 12.5 Å². The number of hydrogen-bond donors (Lipinski definition) is 1. The average Bonchev–Trinajstić information content (AvgIpc) is 2.93. The fraction of sp³-hybridized carbons (Fsp3) is 0.267. The molecule has 0 saturated heterocycles. The fourth-order valence-corrected chi connectivity index (χ4v) is 2.64. The Morgan fingerprint density at radius 2 is 2.00 bits per heavy atom. The summed E-state index contributed by atoms with van der Waals surface area (Å²) in [5.74, 6) is 1.89. The van der Waals surface area contributed by atoms with Gasteiger partial charge < -0.3 is 14.8 Å². The van der Waals surface area contributed by atoms with Crippen LogP contribution in [0.25, 0.3) is 11.6 Å². The lowest BCUT2D eigenvalue weighted by molar-refractivity contribution is 0.360. The van der Waals surface area contributed by atoms with Gasteiger partial charge in [-0.15, -0.1) is 0 Å². The highest BCUT2D eigenvalue weighted by Gasteiger charge is 2.51. The van der Waals surface area contributed by atoms with Gasteiger partial charge in [-0.1, -0.05) is 17.3 Å².